The van der Waals surface area contributed by atoms with Crippen LogP contribution in [-0.4, -0.2) is 16.6 Å². The van der Waals surface area contributed by atoms with Crippen LogP contribution >= 0.6 is 0 Å². The van der Waals surface area contributed by atoms with Gasteiger partial charge in [-0.05, 0) is 18.8 Å². The highest BCUT2D eigenvalue weighted by Gasteiger charge is 2.09. The van der Waals surface area contributed by atoms with Crippen molar-refractivity contribution in [3.63, 3.8) is 0 Å². The summed E-state index contributed by atoms with van der Waals surface area (Å²) in [6.45, 7) is 7.25. The second kappa shape index (κ2) is 8.73. The number of anilines is 1. The Hall–Kier alpha value is -1.32. The molecule has 2 N–H and O–H groups in total. The fourth-order valence-electron chi connectivity index (χ4n) is 2.00. The molecule has 0 radical (unpaired) electrons. The Morgan fingerprint density at radius 1 is 1.21 bits per heavy atom. The SMILES string of the molecule is CCCCC(CC)COc1cc(N)nc(CCC)n1. The molecule has 108 valence electrons. The number of nitrogen functional groups attached to an aromatic ring is 1. The maximum absolute atomic E-state index is 5.79. The van der Waals surface area contributed by atoms with Crippen LogP contribution in [0, 0.1) is 5.92 Å². The molecular formula is C15H27N3O. The predicted octanol–water partition coefficient (Wildman–Crippen LogP) is 3.61. The zero-order valence-electron chi connectivity index (χ0n) is 12.5. The fraction of sp³-hybridized carbons (Fsp3) is 0.733. The zero-order chi connectivity index (χ0) is 14.1. The van der Waals surface area contributed by atoms with E-state index in [1.54, 1.807) is 6.07 Å². The summed E-state index contributed by atoms with van der Waals surface area (Å²) in [6.07, 6.45) is 6.70. The highest BCUT2D eigenvalue weighted by Crippen LogP contribution is 2.17. The van der Waals surface area contributed by atoms with Crippen molar-refractivity contribution in [1.29, 1.82) is 0 Å². The van der Waals surface area contributed by atoms with Crippen LogP contribution in [0.5, 0.6) is 5.88 Å². The Balaban J connectivity index is 2.55. The Morgan fingerprint density at radius 2 is 2.00 bits per heavy atom. The number of aryl methyl sites for hydroxylation is 1. The van der Waals surface area contributed by atoms with Crippen molar-refractivity contribution in [3.05, 3.63) is 11.9 Å². The van der Waals surface area contributed by atoms with Gasteiger partial charge in [0, 0.05) is 12.5 Å². The maximum atomic E-state index is 5.79. The largest absolute Gasteiger partial charge is 0.477 e. The summed E-state index contributed by atoms with van der Waals surface area (Å²) in [5.74, 6) is 2.49. The second-order valence-electron chi connectivity index (χ2n) is 5.02. The molecule has 0 aliphatic heterocycles. The molecule has 1 unspecified atom stereocenters. The smallest absolute Gasteiger partial charge is 0.218 e. The summed E-state index contributed by atoms with van der Waals surface area (Å²) in [6, 6.07) is 1.71. The molecule has 0 saturated carbocycles. The second-order valence-corrected chi connectivity index (χ2v) is 5.02. The molecule has 4 heteroatoms. The lowest BCUT2D eigenvalue weighted by molar-refractivity contribution is 0.225. The van der Waals surface area contributed by atoms with Crippen LogP contribution in [-0.2, 0) is 6.42 Å². The molecule has 0 spiro atoms. The molecule has 0 fully saturated rings. The standard InChI is InChI=1S/C15H27N3O/c1-4-7-9-12(6-3)11-19-15-10-13(16)17-14(18-15)8-5-2/h10,12H,4-9,11H2,1-3H3,(H2,16,17,18). The van der Waals surface area contributed by atoms with E-state index in [1.165, 1.54) is 19.3 Å². The minimum absolute atomic E-state index is 0.495. The van der Waals surface area contributed by atoms with Gasteiger partial charge in [-0.25, -0.2) is 4.98 Å². The molecule has 1 aromatic rings. The van der Waals surface area contributed by atoms with Gasteiger partial charge >= 0.3 is 0 Å². The summed E-state index contributed by atoms with van der Waals surface area (Å²) in [4.78, 5) is 8.60. The molecule has 0 bridgehead atoms. The Labute approximate surface area is 116 Å². The van der Waals surface area contributed by atoms with E-state index in [1.807, 2.05) is 0 Å². The van der Waals surface area contributed by atoms with Crippen LogP contribution in [0.2, 0.25) is 0 Å². The van der Waals surface area contributed by atoms with Crippen molar-refractivity contribution in [3.8, 4) is 5.88 Å². The average molecular weight is 265 g/mol. The first-order valence-corrected chi connectivity index (χ1v) is 7.45. The fourth-order valence-corrected chi connectivity index (χ4v) is 2.00. The predicted molar refractivity (Wildman–Crippen MR) is 79.2 cm³/mol. The van der Waals surface area contributed by atoms with E-state index >= 15 is 0 Å². The monoisotopic (exact) mass is 265 g/mol. The van der Waals surface area contributed by atoms with E-state index in [9.17, 15) is 0 Å². The number of rotatable bonds is 9. The molecule has 0 saturated heterocycles. The van der Waals surface area contributed by atoms with Crippen molar-refractivity contribution in [2.24, 2.45) is 5.92 Å². The van der Waals surface area contributed by atoms with Crippen LogP contribution < -0.4 is 10.5 Å². The number of hydrogen-bond donors (Lipinski definition) is 1. The number of hydrogen-bond acceptors (Lipinski definition) is 4. The van der Waals surface area contributed by atoms with Crippen LogP contribution in [0.15, 0.2) is 6.07 Å². The lowest BCUT2D eigenvalue weighted by Crippen LogP contribution is -2.13. The summed E-state index contributed by atoms with van der Waals surface area (Å²) in [7, 11) is 0. The number of ether oxygens (including phenoxy) is 1. The molecule has 1 heterocycles. The van der Waals surface area contributed by atoms with E-state index < -0.39 is 0 Å². The number of nitrogens with zero attached hydrogens (tertiary/aromatic N) is 2. The van der Waals surface area contributed by atoms with E-state index in [0.29, 0.717) is 17.6 Å². The third-order valence-electron chi connectivity index (χ3n) is 3.25. The lowest BCUT2D eigenvalue weighted by atomic mass is 10.0. The van der Waals surface area contributed by atoms with Gasteiger partial charge in [-0.2, -0.15) is 4.98 Å². The minimum atomic E-state index is 0.495. The molecule has 19 heavy (non-hydrogen) atoms. The minimum Gasteiger partial charge on any atom is -0.477 e. The van der Waals surface area contributed by atoms with Gasteiger partial charge in [0.05, 0.1) is 6.61 Å². The van der Waals surface area contributed by atoms with E-state index in [0.717, 1.165) is 31.7 Å². The topological polar surface area (TPSA) is 61.0 Å². The molecule has 0 aliphatic rings. The van der Waals surface area contributed by atoms with Crippen LogP contribution in [0.4, 0.5) is 5.82 Å². The van der Waals surface area contributed by atoms with E-state index in [-0.39, 0.29) is 0 Å². The number of unbranched alkanes of at least 4 members (excludes halogenated alkanes) is 1. The van der Waals surface area contributed by atoms with Crippen molar-refractivity contribution in [2.45, 2.75) is 59.3 Å². The number of nitrogens with two attached hydrogens (primary N) is 1. The highest BCUT2D eigenvalue weighted by molar-refractivity contribution is 5.32. The molecule has 0 aromatic carbocycles. The van der Waals surface area contributed by atoms with Crippen molar-refractivity contribution in [2.75, 3.05) is 12.3 Å². The van der Waals surface area contributed by atoms with Crippen molar-refractivity contribution in [1.82, 2.24) is 9.97 Å². The first kappa shape index (κ1) is 15.7. The third kappa shape index (κ3) is 5.90. The van der Waals surface area contributed by atoms with Crippen molar-refractivity contribution >= 4 is 5.82 Å². The molecule has 1 aromatic heterocycles. The van der Waals surface area contributed by atoms with E-state index in [4.69, 9.17) is 10.5 Å². The lowest BCUT2D eigenvalue weighted by Gasteiger charge is -2.15. The van der Waals surface area contributed by atoms with Gasteiger partial charge in [-0.3, -0.25) is 0 Å². The molecule has 1 rings (SSSR count). The van der Waals surface area contributed by atoms with Crippen LogP contribution in [0.3, 0.4) is 0 Å². The Morgan fingerprint density at radius 3 is 2.63 bits per heavy atom. The Kier molecular flexibility index (Phi) is 7.23. The molecular weight excluding hydrogens is 238 g/mol. The normalized spacial score (nSPS) is 12.4. The summed E-state index contributed by atoms with van der Waals surface area (Å²) >= 11 is 0. The average Bonchev–Trinajstić information content (AvgIpc) is 2.39. The zero-order valence-corrected chi connectivity index (χ0v) is 12.5. The van der Waals surface area contributed by atoms with Gasteiger partial charge in [0.2, 0.25) is 5.88 Å². The quantitative estimate of drug-likeness (QED) is 0.741. The first-order valence-electron chi connectivity index (χ1n) is 7.45. The molecule has 1 atom stereocenters. The van der Waals surface area contributed by atoms with Gasteiger partial charge in [0.15, 0.2) is 0 Å². The molecule has 0 amide bonds. The summed E-state index contributed by atoms with van der Waals surface area (Å²) in [5, 5.41) is 0. The maximum Gasteiger partial charge on any atom is 0.218 e. The first-order chi connectivity index (χ1) is 9.19. The summed E-state index contributed by atoms with van der Waals surface area (Å²) < 4.78 is 5.79. The van der Waals surface area contributed by atoms with Gasteiger partial charge in [0.1, 0.15) is 11.6 Å². The van der Waals surface area contributed by atoms with Gasteiger partial charge in [-0.15, -0.1) is 0 Å². The highest BCUT2D eigenvalue weighted by atomic mass is 16.5. The molecule has 0 aliphatic carbocycles. The third-order valence-corrected chi connectivity index (χ3v) is 3.25. The van der Waals surface area contributed by atoms with E-state index in [2.05, 4.69) is 30.7 Å². The Bertz CT molecular complexity index is 368. The number of aromatic nitrogens is 2. The van der Waals surface area contributed by atoms with Crippen LogP contribution in [0.1, 0.15) is 58.7 Å². The van der Waals surface area contributed by atoms with Crippen LogP contribution in [0.25, 0.3) is 0 Å². The molecule has 4 nitrogen and oxygen atoms in total. The van der Waals surface area contributed by atoms with Crippen molar-refractivity contribution < 1.29 is 4.74 Å². The van der Waals surface area contributed by atoms with Gasteiger partial charge in [0.25, 0.3) is 0 Å². The van der Waals surface area contributed by atoms with Gasteiger partial charge < -0.3 is 10.5 Å². The van der Waals surface area contributed by atoms with Gasteiger partial charge in [-0.1, -0.05) is 40.0 Å². The summed E-state index contributed by atoms with van der Waals surface area (Å²) in [5.41, 5.74) is 5.78.